The molecule has 20 heavy (non-hydrogen) atoms. The van der Waals surface area contributed by atoms with Crippen molar-refractivity contribution in [3.05, 3.63) is 34.0 Å². The molecule has 0 saturated carbocycles. The van der Waals surface area contributed by atoms with E-state index in [1.807, 2.05) is 13.1 Å². The molecule has 0 bridgehead atoms. The molecule has 0 unspecified atom stereocenters. The number of aryl methyl sites for hydroxylation is 1. The van der Waals surface area contributed by atoms with Crippen molar-refractivity contribution in [2.24, 2.45) is 0 Å². The van der Waals surface area contributed by atoms with Gasteiger partial charge in [-0.1, -0.05) is 6.92 Å². The highest BCUT2D eigenvalue weighted by Crippen LogP contribution is 2.29. The Bertz CT molecular complexity index is 586. The van der Waals surface area contributed by atoms with Gasteiger partial charge in [-0.05, 0) is 13.3 Å². The molecule has 0 atom stereocenters. The fourth-order valence-corrected chi connectivity index (χ4v) is 2.55. The Hall–Kier alpha value is -1.82. The first-order valence-corrected chi connectivity index (χ1v) is 7.35. The Kier molecular flexibility index (Phi) is 4.79. The van der Waals surface area contributed by atoms with E-state index in [0.717, 1.165) is 11.4 Å². The highest BCUT2D eigenvalue weighted by Gasteiger charge is 2.09. The predicted octanol–water partition coefficient (Wildman–Crippen LogP) is 3.44. The fourth-order valence-electron chi connectivity index (χ4n) is 1.75. The monoisotopic (exact) mass is 295 g/mol. The second-order valence-corrected chi connectivity index (χ2v) is 5.43. The average Bonchev–Trinajstić information content (AvgIpc) is 2.88. The van der Waals surface area contributed by atoms with Gasteiger partial charge in [-0.15, -0.1) is 11.3 Å². The van der Waals surface area contributed by atoms with E-state index in [9.17, 15) is 4.39 Å². The van der Waals surface area contributed by atoms with Crippen LogP contribution < -0.4 is 15.8 Å². The van der Waals surface area contributed by atoms with Crippen LogP contribution in [-0.4, -0.2) is 11.6 Å². The minimum Gasteiger partial charge on any atom is -0.491 e. The molecule has 0 amide bonds. The summed E-state index contributed by atoms with van der Waals surface area (Å²) in [5.74, 6) is -0.241. The van der Waals surface area contributed by atoms with Crippen molar-refractivity contribution in [2.45, 2.75) is 26.8 Å². The summed E-state index contributed by atoms with van der Waals surface area (Å²) in [4.78, 5) is 5.56. The van der Waals surface area contributed by atoms with Gasteiger partial charge < -0.3 is 15.8 Å². The summed E-state index contributed by atoms with van der Waals surface area (Å²) in [6, 6.07) is 2.86. The van der Waals surface area contributed by atoms with Crippen LogP contribution in [0.3, 0.4) is 0 Å². The summed E-state index contributed by atoms with van der Waals surface area (Å²) in [6.07, 6.45) is 2.85. The number of benzene rings is 1. The molecule has 3 N–H and O–H groups in total. The van der Waals surface area contributed by atoms with Crippen molar-refractivity contribution in [2.75, 3.05) is 17.7 Å². The van der Waals surface area contributed by atoms with Gasteiger partial charge in [0.1, 0.15) is 5.01 Å². The van der Waals surface area contributed by atoms with E-state index in [-0.39, 0.29) is 5.75 Å². The van der Waals surface area contributed by atoms with Gasteiger partial charge in [-0.2, -0.15) is 0 Å². The molecule has 108 valence electrons. The quantitative estimate of drug-likeness (QED) is 0.801. The molecule has 0 aliphatic rings. The summed E-state index contributed by atoms with van der Waals surface area (Å²) in [5.41, 5.74) is 6.82. The largest absolute Gasteiger partial charge is 0.491 e. The number of rotatable bonds is 6. The van der Waals surface area contributed by atoms with Gasteiger partial charge in [0.2, 0.25) is 0 Å². The lowest BCUT2D eigenvalue weighted by Crippen LogP contribution is -2.04. The molecule has 1 aromatic heterocycles. The van der Waals surface area contributed by atoms with E-state index in [1.165, 1.54) is 10.9 Å². The molecular formula is C14H18FN3OS. The zero-order valence-electron chi connectivity index (χ0n) is 11.6. The summed E-state index contributed by atoms with van der Waals surface area (Å²) < 4.78 is 18.8. The molecule has 2 rings (SSSR count). The van der Waals surface area contributed by atoms with Gasteiger partial charge in [-0.3, -0.25) is 0 Å². The number of aromatic nitrogens is 1. The molecule has 4 nitrogen and oxygen atoms in total. The molecule has 0 fully saturated rings. The van der Waals surface area contributed by atoms with Crippen molar-refractivity contribution in [1.29, 1.82) is 0 Å². The Morgan fingerprint density at radius 2 is 2.20 bits per heavy atom. The Balaban J connectivity index is 2.10. The van der Waals surface area contributed by atoms with Gasteiger partial charge >= 0.3 is 0 Å². The van der Waals surface area contributed by atoms with Crippen molar-refractivity contribution in [1.82, 2.24) is 4.98 Å². The number of thiazole rings is 1. The number of ether oxygens (including phenoxy) is 1. The molecule has 0 radical (unpaired) electrons. The van der Waals surface area contributed by atoms with Gasteiger partial charge in [0.05, 0.1) is 24.5 Å². The molecule has 1 heterocycles. The SMILES string of the molecule is CCOc1cc(NCc2ncc(CC)s2)c(N)cc1F. The van der Waals surface area contributed by atoms with Crippen LogP contribution in [0.15, 0.2) is 18.3 Å². The van der Waals surface area contributed by atoms with E-state index >= 15 is 0 Å². The third-order valence-electron chi connectivity index (χ3n) is 2.78. The van der Waals surface area contributed by atoms with Gasteiger partial charge in [0, 0.05) is 23.2 Å². The van der Waals surface area contributed by atoms with E-state index in [1.54, 1.807) is 17.4 Å². The van der Waals surface area contributed by atoms with Crippen LogP contribution in [0.5, 0.6) is 5.75 Å². The smallest absolute Gasteiger partial charge is 0.167 e. The van der Waals surface area contributed by atoms with E-state index < -0.39 is 5.82 Å². The zero-order chi connectivity index (χ0) is 14.5. The normalized spacial score (nSPS) is 10.6. The number of nitrogens with two attached hydrogens (primary N) is 1. The summed E-state index contributed by atoms with van der Waals surface area (Å²) >= 11 is 1.66. The topological polar surface area (TPSA) is 60.2 Å². The maximum absolute atomic E-state index is 13.6. The highest BCUT2D eigenvalue weighted by molar-refractivity contribution is 7.11. The predicted molar refractivity (Wildman–Crippen MR) is 80.8 cm³/mol. The van der Waals surface area contributed by atoms with E-state index in [2.05, 4.69) is 17.2 Å². The van der Waals surface area contributed by atoms with Crippen LogP contribution >= 0.6 is 11.3 Å². The number of hydrogen-bond acceptors (Lipinski definition) is 5. The molecule has 0 saturated heterocycles. The van der Waals surface area contributed by atoms with Crippen molar-refractivity contribution in [3.8, 4) is 5.75 Å². The first-order valence-electron chi connectivity index (χ1n) is 6.53. The number of anilines is 2. The minimum absolute atomic E-state index is 0.206. The maximum Gasteiger partial charge on any atom is 0.167 e. The molecule has 2 aromatic rings. The van der Waals surface area contributed by atoms with Crippen LogP contribution in [0.1, 0.15) is 23.7 Å². The average molecular weight is 295 g/mol. The number of halogens is 1. The highest BCUT2D eigenvalue weighted by atomic mass is 32.1. The minimum atomic E-state index is -0.447. The molecule has 6 heteroatoms. The lowest BCUT2D eigenvalue weighted by Gasteiger charge is -2.11. The standard InChI is InChI=1S/C14H18FN3OS/c1-3-9-7-18-14(20-9)8-17-12-6-13(19-4-2)10(15)5-11(12)16/h5-7,17H,3-4,8,16H2,1-2H3. The lowest BCUT2D eigenvalue weighted by atomic mass is 10.2. The van der Waals surface area contributed by atoms with Crippen LogP contribution in [-0.2, 0) is 13.0 Å². The summed E-state index contributed by atoms with van der Waals surface area (Å²) in [5, 5.41) is 4.14. The summed E-state index contributed by atoms with van der Waals surface area (Å²) in [7, 11) is 0. The van der Waals surface area contributed by atoms with Crippen LogP contribution in [0.4, 0.5) is 15.8 Å². The maximum atomic E-state index is 13.6. The fraction of sp³-hybridized carbons (Fsp3) is 0.357. The molecular weight excluding hydrogens is 277 g/mol. The van der Waals surface area contributed by atoms with E-state index in [0.29, 0.717) is 24.5 Å². The van der Waals surface area contributed by atoms with Crippen LogP contribution in [0.25, 0.3) is 0 Å². The molecule has 0 aliphatic carbocycles. The van der Waals surface area contributed by atoms with Gasteiger partial charge in [0.25, 0.3) is 0 Å². The number of hydrogen-bond donors (Lipinski definition) is 2. The van der Waals surface area contributed by atoms with E-state index in [4.69, 9.17) is 10.5 Å². The Morgan fingerprint density at radius 1 is 1.40 bits per heavy atom. The molecule has 0 spiro atoms. The summed E-state index contributed by atoms with van der Waals surface area (Å²) in [6.45, 7) is 4.88. The zero-order valence-corrected chi connectivity index (χ0v) is 12.4. The van der Waals surface area contributed by atoms with Crippen molar-refractivity contribution in [3.63, 3.8) is 0 Å². The van der Waals surface area contributed by atoms with Crippen molar-refractivity contribution < 1.29 is 9.13 Å². The second-order valence-electron chi connectivity index (χ2n) is 4.23. The van der Waals surface area contributed by atoms with Gasteiger partial charge in [0.15, 0.2) is 11.6 Å². The van der Waals surface area contributed by atoms with Crippen LogP contribution in [0.2, 0.25) is 0 Å². The number of nitrogens with one attached hydrogen (secondary N) is 1. The van der Waals surface area contributed by atoms with Crippen LogP contribution in [0, 0.1) is 5.82 Å². The Labute approximate surface area is 121 Å². The molecule has 0 aliphatic heterocycles. The van der Waals surface area contributed by atoms with Gasteiger partial charge in [-0.25, -0.2) is 9.37 Å². The third kappa shape index (κ3) is 3.39. The first kappa shape index (κ1) is 14.6. The Morgan fingerprint density at radius 3 is 2.85 bits per heavy atom. The lowest BCUT2D eigenvalue weighted by molar-refractivity contribution is 0.322. The number of nitrogen functional groups attached to an aromatic ring is 1. The van der Waals surface area contributed by atoms with Crippen molar-refractivity contribution >= 4 is 22.7 Å². The first-order chi connectivity index (χ1) is 9.63. The third-order valence-corrected chi connectivity index (χ3v) is 3.93. The second kappa shape index (κ2) is 6.56. The molecule has 1 aromatic carbocycles. The number of nitrogens with zero attached hydrogens (tertiary/aromatic N) is 1.